The van der Waals surface area contributed by atoms with Crippen LogP contribution in [-0.4, -0.2) is 47.4 Å². The van der Waals surface area contributed by atoms with Crippen LogP contribution in [0.3, 0.4) is 0 Å². The summed E-state index contributed by atoms with van der Waals surface area (Å²) in [6, 6.07) is -0.560. The average molecular weight is 933 g/mol. The van der Waals surface area contributed by atoms with E-state index < -0.39 is 12.1 Å². The lowest BCUT2D eigenvalue weighted by Crippen LogP contribution is -2.45. The fraction of sp³-hybridized carbons (Fsp3) is 0.933. The van der Waals surface area contributed by atoms with Crippen molar-refractivity contribution < 1.29 is 24.5 Å². The Hall–Kier alpha value is -1.40. The average Bonchev–Trinajstić information content (AvgIpc) is 3.32. The predicted molar refractivity (Wildman–Crippen MR) is 287 cm³/mol. The Morgan fingerprint density at radius 3 is 1.08 bits per heavy atom. The van der Waals surface area contributed by atoms with E-state index in [2.05, 4.69) is 31.3 Å². The molecule has 6 heteroatoms. The molecule has 0 saturated heterocycles. The van der Waals surface area contributed by atoms with E-state index in [1.165, 1.54) is 225 Å². The zero-order valence-corrected chi connectivity index (χ0v) is 44.7. The molecule has 0 rings (SSSR count). The van der Waals surface area contributed by atoms with E-state index in [-0.39, 0.29) is 18.5 Å². The summed E-state index contributed by atoms with van der Waals surface area (Å²) in [6.07, 6.45) is 66.4. The van der Waals surface area contributed by atoms with E-state index in [9.17, 15) is 19.8 Å². The molecule has 0 radical (unpaired) electrons. The van der Waals surface area contributed by atoms with Gasteiger partial charge in [-0.3, -0.25) is 9.59 Å². The first-order valence-electron chi connectivity index (χ1n) is 29.9. The number of aliphatic hydroxyl groups is 2. The zero-order valence-electron chi connectivity index (χ0n) is 44.7. The molecule has 3 N–H and O–H groups in total. The van der Waals surface area contributed by atoms with Crippen molar-refractivity contribution in [3.05, 3.63) is 12.2 Å². The van der Waals surface area contributed by atoms with Crippen molar-refractivity contribution in [3.63, 3.8) is 0 Å². The fourth-order valence-electron chi connectivity index (χ4n) is 9.46. The van der Waals surface area contributed by atoms with Gasteiger partial charge in [-0.05, 0) is 57.8 Å². The van der Waals surface area contributed by atoms with Crippen LogP contribution in [0.4, 0.5) is 0 Å². The molecule has 66 heavy (non-hydrogen) atoms. The number of carbonyl (C=O) groups is 2. The number of ether oxygens (including phenoxy) is 1. The van der Waals surface area contributed by atoms with Crippen molar-refractivity contribution in [1.82, 2.24) is 5.32 Å². The third-order valence-electron chi connectivity index (χ3n) is 14.1. The number of rotatable bonds is 56. The van der Waals surface area contributed by atoms with E-state index in [0.29, 0.717) is 25.9 Å². The highest BCUT2D eigenvalue weighted by atomic mass is 16.5. The van der Waals surface area contributed by atoms with Gasteiger partial charge in [0.05, 0.1) is 25.4 Å². The lowest BCUT2D eigenvalue weighted by atomic mass is 10.0. The van der Waals surface area contributed by atoms with Crippen LogP contribution in [-0.2, 0) is 14.3 Å². The number of nitrogens with one attached hydrogen (secondary N) is 1. The van der Waals surface area contributed by atoms with Gasteiger partial charge in [-0.1, -0.05) is 276 Å². The molecule has 0 saturated carbocycles. The maximum atomic E-state index is 12.5. The van der Waals surface area contributed by atoms with Crippen LogP contribution in [0.5, 0.6) is 0 Å². The number of esters is 1. The first-order valence-corrected chi connectivity index (χ1v) is 29.9. The molecule has 0 fully saturated rings. The van der Waals surface area contributed by atoms with Crippen molar-refractivity contribution in [2.75, 3.05) is 13.2 Å². The third-order valence-corrected chi connectivity index (χ3v) is 14.1. The first-order chi connectivity index (χ1) is 32.5. The molecule has 0 aliphatic heterocycles. The minimum absolute atomic E-state index is 0.0174. The van der Waals surface area contributed by atoms with Crippen LogP contribution in [0.25, 0.3) is 0 Å². The Balaban J connectivity index is 3.47. The molecule has 392 valence electrons. The van der Waals surface area contributed by atoms with Crippen molar-refractivity contribution in [3.8, 4) is 0 Å². The fourth-order valence-corrected chi connectivity index (χ4v) is 9.46. The van der Waals surface area contributed by atoms with Gasteiger partial charge in [0.25, 0.3) is 0 Å². The highest BCUT2D eigenvalue weighted by molar-refractivity contribution is 5.76. The normalized spacial score (nSPS) is 12.6. The summed E-state index contributed by atoms with van der Waals surface area (Å²) in [5, 5.41) is 23.3. The molecule has 0 spiro atoms. The van der Waals surface area contributed by atoms with Crippen molar-refractivity contribution in [2.24, 2.45) is 0 Å². The number of allylic oxidation sites excluding steroid dienone is 2. The van der Waals surface area contributed by atoms with E-state index >= 15 is 0 Å². The second-order valence-corrected chi connectivity index (χ2v) is 20.7. The van der Waals surface area contributed by atoms with E-state index in [1.54, 1.807) is 0 Å². The topological polar surface area (TPSA) is 95.9 Å². The van der Waals surface area contributed by atoms with Crippen LogP contribution in [0.1, 0.15) is 335 Å². The molecule has 0 aliphatic rings. The molecule has 0 heterocycles. The number of amides is 1. The van der Waals surface area contributed by atoms with E-state index in [4.69, 9.17) is 4.74 Å². The van der Waals surface area contributed by atoms with E-state index in [0.717, 1.165) is 77.0 Å². The maximum Gasteiger partial charge on any atom is 0.305 e. The monoisotopic (exact) mass is 932 g/mol. The van der Waals surface area contributed by atoms with Crippen LogP contribution in [0, 0.1) is 0 Å². The number of unbranched alkanes of at least 4 members (excludes halogenated alkanes) is 43. The van der Waals surface area contributed by atoms with Gasteiger partial charge in [0.1, 0.15) is 0 Å². The Morgan fingerprint density at radius 1 is 0.409 bits per heavy atom. The number of hydrogen-bond acceptors (Lipinski definition) is 5. The summed E-state index contributed by atoms with van der Waals surface area (Å²) in [5.74, 6) is -0.0745. The second-order valence-electron chi connectivity index (χ2n) is 20.7. The molecule has 0 aromatic carbocycles. The maximum absolute atomic E-state index is 12.5. The third kappa shape index (κ3) is 52.0. The van der Waals surface area contributed by atoms with Crippen LogP contribution < -0.4 is 5.32 Å². The molecule has 2 atom stereocenters. The molecule has 0 bridgehead atoms. The second kappa shape index (κ2) is 56.2. The molecule has 6 nitrogen and oxygen atoms in total. The summed E-state index contributed by atoms with van der Waals surface area (Å²) < 4.78 is 5.47. The molecule has 0 aliphatic carbocycles. The zero-order chi connectivity index (χ0) is 47.9. The van der Waals surface area contributed by atoms with Crippen molar-refractivity contribution in [1.29, 1.82) is 0 Å². The molecule has 2 unspecified atom stereocenters. The first kappa shape index (κ1) is 64.6. The summed E-state index contributed by atoms with van der Waals surface area (Å²) in [5.41, 5.74) is 0. The van der Waals surface area contributed by atoms with E-state index in [1.807, 2.05) is 0 Å². The quantitative estimate of drug-likeness (QED) is 0.0321. The lowest BCUT2D eigenvalue weighted by Gasteiger charge is -2.22. The SMILES string of the molecule is CCCCCCCCCCCCCCCCCCCCCC(O)C(CO)NC(=O)CCCCCCC/C=C\CCCCCOC(=O)CCCCCCCCCCCCCCCCCCCC. The largest absolute Gasteiger partial charge is 0.466 e. The van der Waals surface area contributed by atoms with Gasteiger partial charge in [-0.2, -0.15) is 0 Å². The summed E-state index contributed by atoms with van der Waals surface area (Å²) in [6.45, 7) is 4.93. The minimum Gasteiger partial charge on any atom is -0.466 e. The molecule has 0 aromatic heterocycles. The lowest BCUT2D eigenvalue weighted by molar-refractivity contribution is -0.143. The number of aliphatic hydroxyl groups excluding tert-OH is 2. The molecular weight excluding hydrogens is 815 g/mol. The smallest absolute Gasteiger partial charge is 0.305 e. The Bertz CT molecular complexity index is 986. The van der Waals surface area contributed by atoms with Crippen molar-refractivity contribution >= 4 is 11.9 Å². The Labute approximate surface area is 412 Å². The Kier molecular flexibility index (Phi) is 55.0. The van der Waals surface area contributed by atoms with Gasteiger partial charge in [0, 0.05) is 12.8 Å². The summed E-state index contributed by atoms with van der Waals surface area (Å²) >= 11 is 0. The molecule has 1 amide bonds. The molecule has 0 aromatic rings. The van der Waals surface area contributed by atoms with Gasteiger partial charge in [-0.15, -0.1) is 0 Å². The summed E-state index contributed by atoms with van der Waals surface area (Å²) in [7, 11) is 0. The van der Waals surface area contributed by atoms with Crippen LogP contribution in [0.2, 0.25) is 0 Å². The van der Waals surface area contributed by atoms with Gasteiger partial charge >= 0.3 is 5.97 Å². The van der Waals surface area contributed by atoms with Gasteiger partial charge < -0.3 is 20.3 Å². The Morgan fingerprint density at radius 2 is 0.712 bits per heavy atom. The van der Waals surface area contributed by atoms with Crippen LogP contribution in [0.15, 0.2) is 12.2 Å². The minimum atomic E-state index is -0.680. The highest BCUT2D eigenvalue weighted by Crippen LogP contribution is 2.18. The van der Waals surface area contributed by atoms with Crippen LogP contribution >= 0.6 is 0 Å². The summed E-state index contributed by atoms with van der Waals surface area (Å²) in [4.78, 5) is 24.6. The van der Waals surface area contributed by atoms with Gasteiger partial charge in [-0.25, -0.2) is 0 Å². The molecular formula is C60H117NO5. The van der Waals surface area contributed by atoms with Crippen molar-refractivity contribution in [2.45, 2.75) is 347 Å². The highest BCUT2D eigenvalue weighted by Gasteiger charge is 2.20. The standard InChI is InChI=1S/C60H117NO5/c1-3-5-7-9-11-13-15-17-19-21-23-24-26-28-32-36-40-44-48-52-58(63)57(56-62)61-59(64)53-49-45-41-37-33-30-31-35-39-43-47-51-55-66-60(65)54-50-46-42-38-34-29-27-25-22-20-18-16-14-12-10-8-6-4-2/h31,35,57-58,62-63H,3-30,32-34,36-56H2,1-2H3,(H,61,64)/b35-31-. The predicted octanol–water partition coefficient (Wildman–Crippen LogP) is 18.5. The van der Waals surface area contributed by atoms with Gasteiger partial charge in [0.2, 0.25) is 5.91 Å². The number of carbonyl (C=O) groups excluding carboxylic acids is 2. The van der Waals surface area contributed by atoms with Gasteiger partial charge in [0.15, 0.2) is 0 Å². The number of hydrogen-bond donors (Lipinski definition) is 3.